The SMILES string of the molecule is Cc1cc(F)c(C(C)(C)CN)cc1F. The van der Waals surface area contributed by atoms with Crippen LogP contribution >= 0.6 is 0 Å². The van der Waals surface area contributed by atoms with Gasteiger partial charge in [0.15, 0.2) is 0 Å². The normalized spacial score (nSPS) is 11.9. The van der Waals surface area contributed by atoms with Crippen molar-refractivity contribution in [2.24, 2.45) is 5.73 Å². The van der Waals surface area contributed by atoms with Crippen LogP contribution in [0.1, 0.15) is 25.0 Å². The molecule has 0 saturated heterocycles. The van der Waals surface area contributed by atoms with Gasteiger partial charge < -0.3 is 5.73 Å². The zero-order chi connectivity index (χ0) is 10.9. The summed E-state index contributed by atoms with van der Waals surface area (Å²) in [5.41, 5.74) is 5.63. The minimum Gasteiger partial charge on any atom is -0.330 e. The third-order valence-electron chi connectivity index (χ3n) is 2.49. The molecule has 1 nitrogen and oxygen atoms in total. The van der Waals surface area contributed by atoms with Gasteiger partial charge in [-0.2, -0.15) is 0 Å². The van der Waals surface area contributed by atoms with Gasteiger partial charge in [-0.05, 0) is 30.2 Å². The molecule has 0 aliphatic rings. The van der Waals surface area contributed by atoms with Crippen LogP contribution in [-0.2, 0) is 5.41 Å². The Balaban J connectivity index is 3.29. The van der Waals surface area contributed by atoms with Crippen LogP contribution in [0.25, 0.3) is 0 Å². The van der Waals surface area contributed by atoms with Gasteiger partial charge in [0, 0.05) is 12.0 Å². The van der Waals surface area contributed by atoms with Gasteiger partial charge in [-0.3, -0.25) is 0 Å². The second-order valence-corrected chi connectivity index (χ2v) is 4.17. The summed E-state index contributed by atoms with van der Waals surface area (Å²) in [7, 11) is 0. The number of rotatable bonds is 2. The molecule has 0 bridgehead atoms. The third kappa shape index (κ3) is 1.93. The first-order chi connectivity index (χ1) is 6.38. The van der Waals surface area contributed by atoms with Crippen LogP contribution in [0.2, 0.25) is 0 Å². The molecule has 0 amide bonds. The minimum absolute atomic E-state index is 0.284. The molecule has 0 unspecified atom stereocenters. The second kappa shape index (κ2) is 3.65. The predicted molar refractivity (Wildman–Crippen MR) is 53.2 cm³/mol. The molecular weight excluding hydrogens is 184 g/mol. The molecule has 0 aliphatic heterocycles. The molecule has 14 heavy (non-hydrogen) atoms. The van der Waals surface area contributed by atoms with Crippen molar-refractivity contribution in [3.05, 3.63) is 34.9 Å². The molecule has 1 aromatic carbocycles. The van der Waals surface area contributed by atoms with Gasteiger partial charge >= 0.3 is 0 Å². The van der Waals surface area contributed by atoms with E-state index in [1.54, 1.807) is 13.8 Å². The highest BCUT2D eigenvalue weighted by molar-refractivity contribution is 5.30. The molecule has 0 atom stereocenters. The fourth-order valence-electron chi connectivity index (χ4n) is 1.27. The van der Waals surface area contributed by atoms with E-state index in [-0.39, 0.29) is 18.2 Å². The van der Waals surface area contributed by atoms with Crippen molar-refractivity contribution in [2.75, 3.05) is 6.54 Å². The Kier molecular flexibility index (Phi) is 2.90. The number of aryl methyl sites for hydroxylation is 1. The molecule has 0 fully saturated rings. The molecule has 0 heterocycles. The van der Waals surface area contributed by atoms with E-state index in [4.69, 9.17) is 5.73 Å². The molecule has 0 aromatic heterocycles. The quantitative estimate of drug-likeness (QED) is 0.778. The van der Waals surface area contributed by atoms with E-state index in [1.807, 2.05) is 0 Å². The maximum absolute atomic E-state index is 13.5. The van der Waals surface area contributed by atoms with Gasteiger partial charge in [-0.1, -0.05) is 13.8 Å². The average Bonchev–Trinajstić information content (AvgIpc) is 2.11. The summed E-state index contributed by atoms with van der Waals surface area (Å²) in [6.07, 6.45) is 0. The summed E-state index contributed by atoms with van der Waals surface area (Å²) in [4.78, 5) is 0. The van der Waals surface area contributed by atoms with E-state index >= 15 is 0 Å². The third-order valence-corrected chi connectivity index (χ3v) is 2.49. The Bertz CT molecular complexity index is 345. The lowest BCUT2D eigenvalue weighted by atomic mass is 9.84. The maximum atomic E-state index is 13.5. The highest BCUT2D eigenvalue weighted by Crippen LogP contribution is 2.26. The van der Waals surface area contributed by atoms with E-state index in [9.17, 15) is 8.78 Å². The number of hydrogen-bond donors (Lipinski definition) is 1. The van der Waals surface area contributed by atoms with E-state index in [1.165, 1.54) is 19.1 Å². The first kappa shape index (κ1) is 11.1. The Morgan fingerprint density at radius 3 is 2.29 bits per heavy atom. The lowest BCUT2D eigenvalue weighted by molar-refractivity contribution is 0.483. The predicted octanol–water partition coefficient (Wildman–Crippen LogP) is 2.51. The molecule has 3 heteroatoms. The van der Waals surface area contributed by atoms with Crippen LogP contribution in [0.15, 0.2) is 12.1 Å². The van der Waals surface area contributed by atoms with Gasteiger partial charge in [-0.25, -0.2) is 8.78 Å². The average molecular weight is 199 g/mol. The molecule has 2 N–H and O–H groups in total. The Morgan fingerprint density at radius 2 is 1.79 bits per heavy atom. The van der Waals surface area contributed by atoms with E-state index in [2.05, 4.69) is 0 Å². The van der Waals surface area contributed by atoms with Crippen LogP contribution in [-0.4, -0.2) is 6.54 Å². The maximum Gasteiger partial charge on any atom is 0.127 e. The van der Waals surface area contributed by atoms with Gasteiger partial charge in [0.25, 0.3) is 0 Å². The molecule has 0 saturated carbocycles. The van der Waals surface area contributed by atoms with Crippen molar-refractivity contribution in [1.29, 1.82) is 0 Å². The highest BCUT2D eigenvalue weighted by atomic mass is 19.1. The molecule has 0 radical (unpaired) electrons. The second-order valence-electron chi connectivity index (χ2n) is 4.17. The molecule has 1 rings (SSSR count). The van der Waals surface area contributed by atoms with Gasteiger partial charge in [-0.15, -0.1) is 0 Å². The topological polar surface area (TPSA) is 26.0 Å². The Hall–Kier alpha value is -0.960. The number of halogens is 2. The monoisotopic (exact) mass is 199 g/mol. The molecule has 0 spiro atoms. The van der Waals surface area contributed by atoms with E-state index in [0.29, 0.717) is 11.1 Å². The zero-order valence-electron chi connectivity index (χ0n) is 8.70. The van der Waals surface area contributed by atoms with Crippen LogP contribution in [0, 0.1) is 18.6 Å². The van der Waals surface area contributed by atoms with E-state index < -0.39 is 5.41 Å². The van der Waals surface area contributed by atoms with Crippen molar-refractivity contribution >= 4 is 0 Å². The first-order valence-corrected chi connectivity index (χ1v) is 4.54. The molecule has 0 aliphatic carbocycles. The van der Waals surface area contributed by atoms with Gasteiger partial charge in [0.1, 0.15) is 11.6 Å². The number of benzene rings is 1. The standard InChI is InChI=1S/C11H15F2N/c1-7-4-10(13)8(5-9(7)12)11(2,3)6-14/h4-5H,6,14H2,1-3H3. The Labute approximate surface area is 82.9 Å². The van der Waals surface area contributed by atoms with Crippen molar-refractivity contribution in [3.8, 4) is 0 Å². The van der Waals surface area contributed by atoms with Gasteiger partial charge in [0.2, 0.25) is 0 Å². The van der Waals surface area contributed by atoms with Crippen LogP contribution < -0.4 is 5.73 Å². The summed E-state index contributed by atoms with van der Waals surface area (Å²) in [6, 6.07) is 2.44. The first-order valence-electron chi connectivity index (χ1n) is 4.54. The van der Waals surface area contributed by atoms with Crippen LogP contribution in [0.5, 0.6) is 0 Å². The minimum atomic E-state index is -0.529. The summed E-state index contributed by atoms with van der Waals surface area (Å²) in [5, 5.41) is 0. The fraction of sp³-hybridized carbons (Fsp3) is 0.455. The lowest BCUT2D eigenvalue weighted by Crippen LogP contribution is -2.29. The molecular formula is C11H15F2N. The van der Waals surface area contributed by atoms with Gasteiger partial charge in [0.05, 0.1) is 0 Å². The zero-order valence-corrected chi connectivity index (χ0v) is 8.70. The van der Waals surface area contributed by atoms with Crippen molar-refractivity contribution in [1.82, 2.24) is 0 Å². The lowest BCUT2D eigenvalue weighted by Gasteiger charge is -2.23. The van der Waals surface area contributed by atoms with Crippen LogP contribution in [0.4, 0.5) is 8.78 Å². The summed E-state index contributed by atoms with van der Waals surface area (Å²) in [6.45, 7) is 5.41. The van der Waals surface area contributed by atoms with Crippen molar-refractivity contribution < 1.29 is 8.78 Å². The fourth-order valence-corrected chi connectivity index (χ4v) is 1.27. The summed E-state index contributed by atoms with van der Waals surface area (Å²) >= 11 is 0. The summed E-state index contributed by atoms with van der Waals surface area (Å²) in [5.74, 6) is -0.776. The molecule has 1 aromatic rings. The largest absolute Gasteiger partial charge is 0.330 e. The number of hydrogen-bond acceptors (Lipinski definition) is 1. The van der Waals surface area contributed by atoms with Crippen LogP contribution in [0.3, 0.4) is 0 Å². The molecule has 78 valence electrons. The smallest absolute Gasteiger partial charge is 0.127 e. The Morgan fingerprint density at radius 1 is 1.21 bits per heavy atom. The van der Waals surface area contributed by atoms with Crippen molar-refractivity contribution in [3.63, 3.8) is 0 Å². The van der Waals surface area contributed by atoms with Crippen molar-refractivity contribution in [2.45, 2.75) is 26.2 Å². The highest BCUT2D eigenvalue weighted by Gasteiger charge is 2.23. The van der Waals surface area contributed by atoms with E-state index in [0.717, 1.165) is 0 Å². The number of nitrogens with two attached hydrogens (primary N) is 1. The summed E-state index contributed by atoms with van der Waals surface area (Å²) < 4.78 is 26.7.